The number of nitro groups is 1. The average molecular weight is 450 g/mol. The van der Waals surface area contributed by atoms with Crippen molar-refractivity contribution in [2.24, 2.45) is 0 Å². The Morgan fingerprint density at radius 1 is 1.18 bits per heavy atom. The van der Waals surface area contributed by atoms with Crippen molar-refractivity contribution >= 4 is 72.7 Å². The number of rotatable bonds is 4. The largest absolute Gasteiger partial charge is 0.297 e. The van der Waals surface area contributed by atoms with Gasteiger partial charge in [-0.2, -0.15) is 0 Å². The van der Waals surface area contributed by atoms with E-state index in [9.17, 15) is 14.9 Å². The van der Waals surface area contributed by atoms with Crippen LogP contribution < -0.4 is 5.32 Å². The number of non-ortho nitro benzene ring substituents is 1. The molecule has 4 aromatic rings. The summed E-state index contributed by atoms with van der Waals surface area (Å²) in [4.78, 5) is 27.8. The Morgan fingerprint density at radius 3 is 2.79 bits per heavy atom. The van der Waals surface area contributed by atoms with Crippen LogP contribution in [0.15, 0.2) is 47.8 Å². The van der Waals surface area contributed by atoms with E-state index in [1.807, 2.05) is 0 Å². The smallest absolute Gasteiger partial charge is 0.270 e. The lowest BCUT2D eigenvalue weighted by atomic mass is 10.1. The van der Waals surface area contributed by atoms with Crippen molar-refractivity contribution in [1.82, 2.24) is 4.98 Å². The van der Waals surface area contributed by atoms with Crippen LogP contribution in [0, 0.1) is 10.1 Å². The van der Waals surface area contributed by atoms with Gasteiger partial charge in [0.25, 0.3) is 11.6 Å². The summed E-state index contributed by atoms with van der Waals surface area (Å²) >= 11 is 14.8. The summed E-state index contributed by atoms with van der Waals surface area (Å²) in [5.41, 5.74) is 1.12. The lowest BCUT2D eigenvalue weighted by Gasteiger charge is -2.00. The highest BCUT2D eigenvalue weighted by atomic mass is 35.5. The van der Waals surface area contributed by atoms with Crippen molar-refractivity contribution in [1.29, 1.82) is 0 Å². The number of nitrogens with one attached hydrogen (secondary N) is 1. The standard InChI is InChI=1S/C18H9Cl2N3O3S2/c19-10-4-5-12-14(7-10)28-16(15(12)20)17(24)22-18-21-13(8-27-18)9-2-1-3-11(6-9)23(25)26/h1-8H,(H,21,22,24). The van der Waals surface area contributed by atoms with Crippen LogP contribution in [0.5, 0.6) is 0 Å². The molecular formula is C18H9Cl2N3O3S2. The van der Waals surface area contributed by atoms with Crippen molar-refractivity contribution in [2.75, 3.05) is 5.32 Å². The zero-order valence-corrected chi connectivity index (χ0v) is 17.0. The Balaban J connectivity index is 1.59. The molecule has 0 saturated carbocycles. The number of nitrogens with zero attached hydrogens (tertiary/aromatic N) is 2. The third-order valence-corrected chi connectivity index (χ3v) is 6.52. The molecule has 0 spiro atoms. The SMILES string of the molecule is O=C(Nc1nc(-c2cccc([N+](=O)[O-])c2)cs1)c1sc2cc(Cl)ccc2c1Cl. The summed E-state index contributed by atoms with van der Waals surface area (Å²) in [5, 5.41) is 17.5. The van der Waals surface area contributed by atoms with Gasteiger partial charge in [-0.05, 0) is 12.1 Å². The predicted molar refractivity (Wildman–Crippen MR) is 114 cm³/mol. The van der Waals surface area contributed by atoms with Gasteiger partial charge in [0.05, 0.1) is 15.6 Å². The number of amides is 1. The van der Waals surface area contributed by atoms with Crippen LogP contribution in [0.4, 0.5) is 10.8 Å². The van der Waals surface area contributed by atoms with Gasteiger partial charge in [-0.25, -0.2) is 4.98 Å². The minimum absolute atomic E-state index is 0.0215. The molecule has 0 unspecified atom stereocenters. The van der Waals surface area contributed by atoms with Crippen LogP contribution in [-0.2, 0) is 0 Å². The third kappa shape index (κ3) is 3.59. The average Bonchev–Trinajstić information content (AvgIpc) is 3.26. The zero-order valence-electron chi connectivity index (χ0n) is 13.8. The number of thiazole rings is 1. The fourth-order valence-corrected chi connectivity index (χ4v) is 4.98. The lowest BCUT2D eigenvalue weighted by molar-refractivity contribution is -0.384. The van der Waals surface area contributed by atoms with E-state index in [0.717, 1.165) is 10.1 Å². The molecule has 140 valence electrons. The molecule has 0 saturated heterocycles. The summed E-state index contributed by atoms with van der Waals surface area (Å²) in [6.07, 6.45) is 0. The number of benzene rings is 2. The number of aromatic nitrogens is 1. The molecule has 28 heavy (non-hydrogen) atoms. The fraction of sp³-hybridized carbons (Fsp3) is 0. The maximum absolute atomic E-state index is 12.6. The number of hydrogen-bond donors (Lipinski definition) is 1. The molecule has 0 fully saturated rings. The van der Waals surface area contributed by atoms with E-state index in [1.165, 1.54) is 34.8 Å². The number of nitro benzene ring substituents is 1. The molecule has 1 N–H and O–H groups in total. The number of thiophene rings is 1. The second kappa shape index (κ2) is 7.48. The minimum Gasteiger partial charge on any atom is -0.297 e. The summed E-state index contributed by atoms with van der Waals surface area (Å²) < 4.78 is 0.819. The van der Waals surface area contributed by atoms with E-state index in [2.05, 4.69) is 10.3 Å². The van der Waals surface area contributed by atoms with Crippen LogP contribution in [0.25, 0.3) is 21.3 Å². The van der Waals surface area contributed by atoms with Gasteiger partial charge in [0.1, 0.15) is 4.88 Å². The zero-order chi connectivity index (χ0) is 19.8. The molecule has 0 atom stereocenters. The van der Waals surface area contributed by atoms with Gasteiger partial charge in [0.2, 0.25) is 0 Å². The highest BCUT2D eigenvalue weighted by Gasteiger charge is 2.19. The van der Waals surface area contributed by atoms with Crippen molar-refractivity contribution in [3.63, 3.8) is 0 Å². The van der Waals surface area contributed by atoms with Crippen LogP contribution in [0.3, 0.4) is 0 Å². The molecule has 0 aliphatic carbocycles. The normalized spacial score (nSPS) is 10.9. The van der Waals surface area contributed by atoms with Crippen LogP contribution >= 0.6 is 45.9 Å². The van der Waals surface area contributed by atoms with Crippen LogP contribution in [0.1, 0.15) is 9.67 Å². The van der Waals surface area contributed by atoms with Gasteiger partial charge in [-0.1, -0.05) is 41.4 Å². The quantitative estimate of drug-likeness (QED) is 0.284. The summed E-state index contributed by atoms with van der Waals surface area (Å²) in [6.45, 7) is 0. The molecule has 2 aromatic heterocycles. The van der Waals surface area contributed by atoms with Crippen LogP contribution in [0.2, 0.25) is 10.0 Å². The van der Waals surface area contributed by atoms with Crippen LogP contribution in [-0.4, -0.2) is 15.8 Å². The maximum atomic E-state index is 12.6. The minimum atomic E-state index is -0.464. The van der Waals surface area contributed by atoms with E-state index in [-0.39, 0.29) is 11.6 Å². The summed E-state index contributed by atoms with van der Waals surface area (Å²) in [7, 11) is 0. The molecule has 0 aliphatic heterocycles. The second-order valence-corrected chi connectivity index (χ2v) is 8.41. The van der Waals surface area contributed by atoms with Gasteiger partial charge in [-0.15, -0.1) is 22.7 Å². The molecule has 4 rings (SSSR count). The van der Waals surface area contributed by atoms with Crippen molar-refractivity contribution in [2.45, 2.75) is 0 Å². The highest BCUT2D eigenvalue weighted by molar-refractivity contribution is 7.22. The topological polar surface area (TPSA) is 85.1 Å². The van der Waals surface area contributed by atoms with E-state index >= 15 is 0 Å². The number of anilines is 1. The fourth-order valence-electron chi connectivity index (χ4n) is 2.58. The Hall–Kier alpha value is -2.52. The van der Waals surface area contributed by atoms with E-state index in [4.69, 9.17) is 23.2 Å². The number of carbonyl (C=O) groups excluding carboxylic acids is 1. The van der Waals surface area contributed by atoms with Gasteiger partial charge in [0, 0.05) is 38.2 Å². The Labute approximate surface area is 176 Å². The van der Waals surface area contributed by atoms with Gasteiger partial charge in [-0.3, -0.25) is 20.2 Å². The lowest BCUT2D eigenvalue weighted by Crippen LogP contribution is -2.10. The molecule has 0 bridgehead atoms. The van der Waals surface area contributed by atoms with E-state index in [0.29, 0.717) is 31.3 Å². The van der Waals surface area contributed by atoms with E-state index < -0.39 is 4.92 Å². The molecule has 2 heterocycles. The number of carbonyl (C=O) groups is 1. The highest BCUT2D eigenvalue weighted by Crippen LogP contribution is 2.37. The summed E-state index contributed by atoms with van der Waals surface area (Å²) in [6, 6.07) is 11.4. The van der Waals surface area contributed by atoms with Crippen molar-refractivity contribution in [3.05, 3.63) is 72.9 Å². The maximum Gasteiger partial charge on any atom is 0.270 e. The van der Waals surface area contributed by atoms with E-state index in [1.54, 1.807) is 35.7 Å². The first-order valence-corrected chi connectivity index (χ1v) is 10.3. The number of hydrogen-bond acceptors (Lipinski definition) is 6. The first kappa shape index (κ1) is 18.8. The van der Waals surface area contributed by atoms with Gasteiger partial charge < -0.3 is 0 Å². The third-order valence-electron chi connectivity index (χ3n) is 3.88. The predicted octanol–water partition coefficient (Wildman–Crippen LogP) is 6.49. The Kier molecular flexibility index (Phi) is 5.03. The monoisotopic (exact) mass is 449 g/mol. The molecule has 0 aliphatic rings. The number of halogens is 2. The first-order chi connectivity index (χ1) is 13.4. The Morgan fingerprint density at radius 2 is 2.00 bits per heavy atom. The molecule has 10 heteroatoms. The molecule has 0 radical (unpaired) electrons. The van der Waals surface area contributed by atoms with Crippen molar-refractivity contribution in [3.8, 4) is 11.3 Å². The summed E-state index contributed by atoms with van der Waals surface area (Å²) in [5.74, 6) is -0.373. The Bertz CT molecular complexity index is 1240. The van der Waals surface area contributed by atoms with Crippen molar-refractivity contribution < 1.29 is 9.72 Å². The van der Waals surface area contributed by atoms with Gasteiger partial charge in [0.15, 0.2) is 5.13 Å². The molecule has 6 nitrogen and oxygen atoms in total. The molecular weight excluding hydrogens is 441 g/mol. The second-order valence-electron chi connectivity index (χ2n) is 5.69. The number of fused-ring (bicyclic) bond motifs is 1. The van der Waals surface area contributed by atoms with Gasteiger partial charge >= 0.3 is 0 Å². The molecule has 1 amide bonds. The first-order valence-electron chi connectivity index (χ1n) is 7.81. The molecule has 2 aromatic carbocycles.